The van der Waals surface area contributed by atoms with Gasteiger partial charge >= 0.3 is 6.09 Å². The molecule has 2 amide bonds. The quantitative estimate of drug-likeness (QED) is 0.352. The van der Waals surface area contributed by atoms with Gasteiger partial charge in [-0.15, -0.1) is 0 Å². The highest BCUT2D eigenvalue weighted by Gasteiger charge is 2.30. The molecule has 1 atom stereocenters. The third-order valence-corrected chi connectivity index (χ3v) is 6.40. The van der Waals surface area contributed by atoms with Gasteiger partial charge in [0, 0.05) is 48.6 Å². The van der Waals surface area contributed by atoms with E-state index in [1.165, 1.54) is 12.8 Å². The molecule has 0 spiro atoms. The van der Waals surface area contributed by atoms with Crippen LogP contribution in [-0.2, 0) is 4.74 Å². The number of ether oxygens (including phenoxy) is 1. The lowest BCUT2D eigenvalue weighted by atomic mass is 9.99. The van der Waals surface area contributed by atoms with Crippen molar-refractivity contribution in [1.82, 2.24) is 30.4 Å². The smallest absolute Gasteiger partial charge is 0.410 e. The lowest BCUT2D eigenvalue weighted by Crippen LogP contribution is -2.40. The van der Waals surface area contributed by atoms with Crippen molar-refractivity contribution < 1.29 is 14.3 Å². The lowest BCUT2D eigenvalue weighted by molar-refractivity contribution is 0.0290. The molecule has 2 fully saturated rings. The molecule has 1 aromatic carbocycles. The number of aromatic amines is 1. The number of carbonyl (C=O) groups excluding carboxylic acids is 2. The predicted octanol–water partition coefficient (Wildman–Crippen LogP) is 2.56. The van der Waals surface area contributed by atoms with Crippen LogP contribution >= 0.6 is 0 Å². The monoisotopic (exact) mass is 516 g/mol. The topological polar surface area (TPSA) is 137 Å². The van der Waals surface area contributed by atoms with E-state index in [0.29, 0.717) is 42.8 Å². The minimum atomic E-state index is -0.546. The molecule has 1 saturated heterocycles. The van der Waals surface area contributed by atoms with E-state index in [1.54, 1.807) is 23.2 Å². The Balaban J connectivity index is 1.15. The molecule has 2 aliphatic rings. The summed E-state index contributed by atoms with van der Waals surface area (Å²) in [5.41, 5.74) is 2.72. The summed E-state index contributed by atoms with van der Waals surface area (Å²) in [6.45, 7) is 6.50. The summed E-state index contributed by atoms with van der Waals surface area (Å²) in [5, 5.41) is 16.9. The Bertz CT molecular complexity index is 1320. The Morgan fingerprint density at radius 1 is 1.13 bits per heavy atom. The van der Waals surface area contributed by atoms with Crippen molar-refractivity contribution in [2.75, 3.05) is 23.7 Å². The first-order chi connectivity index (χ1) is 18.1. The van der Waals surface area contributed by atoms with Gasteiger partial charge in [0.15, 0.2) is 0 Å². The van der Waals surface area contributed by atoms with Gasteiger partial charge in [0.1, 0.15) is 25.1 Å². The van der Waals surface area contributed by atoms with Gasteiger partial charge in [0.2, 0.25) is 5.95 Å². The average molecular weight is 516 g/mol. The van der Waals surface area contributed by atoms with Crippen LogP contribution in [0.15, 0.2) is 36.5 Å². The van der Waals surface area contributed by atoms with Crippen LogP contribution in [0.2, 0.25) is 0 Å². The third kappa shape index (κ3) is 6.42. The van der Waals surface area contributed by atoms with Crippen molar-refractivity contribution in [3.8, 4) is 0 Å². The number of nitrogens with one attached hydrogen (secondary N) is 4. The molecule has 38 heavy (non-hydrogen) atoms. The first-order valence-corrected chi connectivity index (χ1v) is 12.9. The number of hydrogen-bond acceptors (Lipinski definition) is 8. The Labute approximate surface area is 222 Å². The number of amides is 2. The Hall–Kier alpha value is -4.09. The number of nitrogens with zero attached hydrogens (tertiary/aromatic N) is 4. The summed E-state index contributed by atoms with van der Waals surface area (Å²) in [7, 11) is 1.94. The molecule has 0 unspecified atom stereocenters. The fourth-order valence-electron chi connectivity index (χ4n) is 4.22. The Morgan fingerprint density at radius 2 is 1.89 bits per heavy atom. The molecule has 1 aliphatic heterocycles. The largest absolute Gasteiger partial charge is 0.444 e. The van der Waals surface area contributed by atoms with Crippen LogP contribution in [-0.4, -0.2) is 69.6 Å². The molecule has 4 N–H and O–H groups in total. The molecular formula is C26H33BN8O3. The second kappa shape index (κ2) is 10.3. The zero-order valence-corrected chi connectivity index (χ0v) is 22.2. The first-order valence-electron chi connectivity index (χ1n) is 12.9. The van der Waals surface area contributed by atoms with Crippen molar-refractivity contribution in [2.24, 2.45) is 0 Å². The second-order valence-corrected chi connectivity index (χ2v) is 10.9. The van der Waals surface area contributed by atoms with Crippen molar-refractivity contribution in [3.05, 3.63) is 47.8 Å². The van der Waals surface area contributed by atoms with E-state index in [2.05, 4.69) is 36.1 Å². The van der Waals surface area contributed by atoms with Gasteiger partial charge in [0.05, 0.1) is 5.69 Å². The number of benzene rings is 1. The average Bonchev–Trinajstić information content (AvgIpc) is 3.42. The van der Waals surface area contributed by atoms with Gasteiger partial charge in [-0.3, -0.25) is 9.89 Å². The van der Waals surface area contributed by atoms with Gasteiger partial charge in [-0.1, -0.05) is 0 Å². The number of H-pyrrole nitrogens is 1. The number of aromatic nitrogens is 4. The molecule has 12 heteroatoms. The maximum absolute atomic E-state index is 12.8. The summed E-state index contributed by atoms with van der Waals surface area (Å²) in [5.74, 6) is 2.30. The van der Waals surface area contributed by atoms with E-state index < -0.39 is 5.60 Å². The van der Waals surface area contributed by atoms with Gasteiger partial charge in [0.25, 0.3) is 5.91 Å². The van der Waals surface area contributed by atoms with Crippen LogP contribution < -0.4 is 21.4 Å². The van der Waals surface area contributed by atoms with Crippen LogP contribution in [0.4, 0.5) is 28.1 Å². The molecule has 3 heterocycles. The maximum Gasteiger partial charge on any atom is 0.410 e. The molecule has 0 bridgehead atoms. The summed E-state index contributed by atoms with van der Waals surface area (Å²) in [6, 6.07) is 9.02. The van der Waals surface area contributed by atoms with Gasteiger partial charge < -0.3 is 25.6 Å². The maximum atomic E-state index is 12.8. The number of rotatable bonds is 7. The van der Waals surface area contributed by atoms with Gasteiger partial charge in [-0.05, 0) is 69.8 Å². The lowest BCUT2D eigenvalue weighted by Gasteiger charge is -2.24. The van der Waals surface area contributed by atoms with Crippen molar-refractivity contribution in [2.45, 2.75) is 57.6 Å². The van der Waals surface area contributed by atoms with E-state index in [-0.39, 0.29) is 18.0 Å². The molecule has 3 aromatic rings. The Morgan fingerprint density at radius 3 is 2.61 bits per heavy atom. The molecule has 1 saturated carbocycles. The molecule has 1 aliphatic carbocycles. The fraction of sp³-hybridized carbons (Fsp3) is 0.423. The molecule has 11 nitrogen and oxygen atoms in total. The summed E-state index contributed by atoms with van der Waals surface area (Å²) in [4.78, 5) is 35.7. The van der Waals surface area contributed by atoms with Crippen LogP contribution in [0, 0.1) is 0 Å². The number of carbonyl (C=O) groups is 2. The molecule has 0 radical (unpaired) electrons. The Kier molecular flexibility index (Phi) is 6.96. The highest BCUT2D eigenvalue weighted by atomic mass is 16.6. The molecular weight excluding hydrogens is 483 g/mol. The predicted molar refractivity (Wildman–Crippen MR) is 147 cm³/mol. The van der Waals surface area contributed by atoms with Crippen molar-refractivity contribution in [1.29, 1.82) is 0 Å². The summed E-state index contributed by atoms with van der Waals surface area (Å²) < 4.78 is 5.43. The second-order valence-electron chi connectivity index (χ2n) is 10.9. The van der Waals surface area contributed by atoms with Crippen LogP contribution in [0.5, 0.6) is 0 Å². The number of hydrogen-bond donors (Lipinski definition) is 4. The fourth-order valence-corrected chi connectivity index (χ4v) is 4.22. The van der Waals surface area contributed by atoms with Gasteiger partial charge in [-0.2, -0.15) is 10.1 Å². The normalized spacial score (nSPS) is 17.2. The molecule has 5 rings (SSSR count). The highest BCUT2D eigenvalue weighted by molar-refractivity contribution is 6.35. The number of anilines is 4. The van der Waals surface area contributed by atoms with Crippen LogP contribution in [0.3, 0.4) is 0 Å². The SMILES string of the molecule is Bc1cnc(Nc2ccc(C(=O)N[C@@H]3CCN(C(=O)OC(C)(C)C)C3)cc2)nc1Nc1cc(C2CC2)n[nH]1. The summed E-state index contributed by atoms with van der Waals surface area (Å²) >= 11 is 0. The van der Waals surface area contributed by atoms with Crippen LogP contribution in [0.25, 0.3) is 0 Å². The van der Waals surface area contributed by atoms with E-state index >= 15 is 0 Å². The van der Waals surface area contributed by atoms with Crippen molar-refractivity contribution >= 4 is 48.6 Å². The minimum Gasteiger partial charge on any atom is -0.444 e. The zero-order valence-electron chi connectivity index (χ0n) is 22.2. The van der Waals surface area contributed by atoms with Crippen molar-refractivity contribution in [3.63, 3.8) is 0 Å². The standard InChI is InChI=1S/C26H33BN8O3/c1-26(2,3)38-25(37)35-11-10-18(14-35)29-23(36)16-6-8-17(9-7-16)30-24-28-13-19(27)22(32-24)31-21-12-20(33-34-21)15-4-5-15/h6-9,12-13,15,18H,4-5,10-11,14,27H2,1-3H3,(H,29,36)(H3,28,30,31,32,33,34)/t18-/m1/s1. The minimum absolute atomic E-state index is 0.116. The highest BCUT2D eigenvalue weighted by Crippen LogP contribution is 2.39. The van der Waals surface area contributed by atoms with Gasteiger partial charge in [-0.25, -0.2) is 9.78 Å². The zero-order chi connectivity index (χ0) is 26.9. The van der Waals surface area contributed by atoms with E-state index in [4.69, 9.17) is 4.74 Å². The van der Waals surface area contributed by atoms with Crippen LogP contribution in [0.1, 0.15) is 62.0 Å². The van der Waals surface area contributed by atoms with E-state index in [9.17, 15) is 9.59 Å². The molecule has 2 aromatic heterocycles. The molecule has 198 valence electrons. The third-order valence-electron chi connectivity index (χ3n) is 6.40. The number of likely N-dealkylation sites (tertiary alicyclic amines) is 1. The first kappa shape index (κ1) is 25.6. The summed E-state index contributed by atoms with van der Waals surface area (Å²) in [6.07, 6.45) is 4.47. The van der Waals surface area contributed by atoms with E-state index in [1.807, 2.05) is 46.8 Å². The van der Waals surface area contributed by atoms with E-state index in [0.717, 1.165) is 22.7 Å².